The molecule has 0 aliphatic heterocycles. The average Bonchev–Trinajstić information content (AvgIpc) is 2.55. The Morgan fingerprint density at radius 3 is 2.38 bits per heavy atom. The highest BCUT2D eigenvalue weighted by molar-refractivity contribution is 9.09. The van der Waals surface area contributed by atoms with Crippen LogP contribution in [-0.2, 0) is 6.61 Å². The zero-order valence-corrected chi connectivity index (χ0v) is 13.6. The highest BCUT2D eigenvalue weighted by atomic mass is 79.9. The SMILES string of the molecule is BrC1C[CH]C(c2ccc(OCc3ccccc3)cc2)CC1. The lowest BCUT2D eigenvalue weighted by atomic mass is 9.84. The molecule has 0 amide bonds. The van der Waals surface area contributed by atoms with E-state index in [1.54, 1.807) is 0 Å². The Kier molecular flexibility index (Phi) is 4.97. The first-order valence-electron chi connectivity index (χ1n) is 7.55. The summed E-state index contributed by atoms with van der Waals surface area (Å²) >= 11 is 3.69. The Balaban J connectivity index is 1.57. The molecule has 2 atom stereocenters. The van der Waals surface area contributed by atoms with Crippen LogP contribution in [-0.4, -0.2) is 4.83 Å². The van der Waals surface area contributed by atoms with Crippen LogP contribution in [0, 0.1) is 6.42 Å². The summed E-state index contributed by atoms with van der Waals surface area (Å²) in [7, 11) is 0. The standard InChI is InChI=1S/C19H20BrO/c20-18-10-6-16(7-11-18)17-8-12-19(13-9-17)21-14-15-4-2-1-3-5-15/h1-6,8-9,12-13,16,18H,7,10-11,14H2. The second-order valence-electron chi connectivity index (χ2n) is 5.60. The van der Waals surface area contributed by atoms with Crippen molar-refractivity contribution in [3.63, 3.8) is 0 Å². The molecule has 2 aromatic rings. The van der Waals surface area contributed by atoms with E-state index in [-0.39, 0.29) is 0 Å². The Bertz CT molecular complexity index is 542. The highest BCUT2D eigenvalue weighted by Crippen LogP contribution is 2.35. The van der Waals surface area contributed by atoms with Gasteiger partial charge in [-0.25, -0.2) is 0 Å². The second-order valence-corrected chi connectivity index (χ2v) is 6.89. The van der Waals surface area contributed by atoms with Crippen LogP contribution in [0.2, 0.25) is 0 Å². The molecule has 109 valence electrons. The molecule has 1 nitrogen and oxygen atoms in total. The summed E-state index contributed by atoms with van der Waals surface area (Å²) in [4.78, 5) is 0.669. The third-order valence-corrected chi connectivity index (χ3v) is 4.86. The van der Waals surface area contributed by atoms with Gasteiger partial charge in [-0.2, -0.15) is 0 Å². The predicted octanol–water partition coefficient (Wildman–Crippen LogP) is 5.50. The number of hydrogen-bond acceptors (Lipinski definition) is 1. The number of alkyl halides is 1. The minimum atomic E-state index is 0.599. The Hall–Kier alpha value is -1.28. The summed E-state index contributed by atoms with van der Waals surface area (Å²) < 4.78 is 5.83. The lowest BCUT2D eigenvalue weighted by molar-refractivity contribution is 0.306. The Morgan fingerprint density at radius 2 is 1.71 bits per heavy atom. The number of halogens is 1. The molecular weight excluding hydrogens is 324 g/mol. The zero-order valence-electron chi connectivity index (χ0n) is 12.0. The average molecular weight is 344 g/mol. The number of rotatable bonds is 4. The summed E-state index contributed by atoms with van der Waals surface area (Å²) in [5.41, 5.74) is 2.60. The maximum atomic E-state index is 5.83. The van der Waals surface area contributed by atoms with Crippen molar-refractivity contribution in [2.75, 3.05) is 0 Å². The molecule has 3 rings (SSSR count). The lowest BCUT2D eigenvalue weighted by Gasteiger charge is -2.25. The minimum Gasteiger partial charge on any atom is -0.489 e. The van der Waals surface area contributed by atoms with Gasteiger partial charge >= 0.3 is 0 Å². The van der Waals surface area contributed by atoms with Crippen LogP contribution < -0.4 is 4.74 Å². The number of hydrogen-bond donors (Lipinski definition) is 0. The molecule has 2 unspecified atom stereocenters. The van der Waals surface area contributed by atoms with Gasteiger partial charge in [-0.1, -0.05) is 58.4 Å². The molecule has 2 aromatic carbocycles. The van der Waals surface area contributed by atoms with E-state index in [1.807, 2.05) is 18.2 Å². The van der Waals surface area contributed by atoms with Gasteiger partial charge in [0.15, 0.2) is 0 Å². The second kappa shape index (κ2) is 7.13. The van der Waals surface area contributed by atoms with Crippen molar-refractivity contribution >= 4 is 15.9 Å². The molecule has 0 aromatic heterocycles. The molecule has 1 radical (unpaired) electrons. The van der Waals surface area contributed by atoms with Gasteiger partial charge < -0.3 is 4.74 Å². The highest BCUT2D eigenvalue weighted by Gasteiger charge is 2.20. The van der Waals surface area contributed by atoms with Gasteiger partial charge in [-0.3, -0.25) is 0 Å². The van der Waals surface area contributed by atoms with Crippen LogP contribution in [0.3, 0.4) is 0 Å². The molecule has 21 heavy (non-hydrogen) atoms. The molecule has 0 N–H and O–H groups in total. The molecule has 0 heterocycles. The van der Waals surface area contributed by atoms with Gasteiger partial charge in [-0.05, 0) is 54.9 Å². The topological polar surface area (TPSA) is 9.23 Å². The van der Waals surface area contributed by atoms with E-state index in [0.29, 0.717) is 17.4 Å². The molecule has 1 saturated carbocycles. The molecule has 1 fully saturated rings. The van der Waals surface area contributed by atoms with Crippen molar-refractivity contribution in [1.29, 1.82) is 0 Å². The quantitative estimate of drug-likeness (QED) is 0.666. The first kappa shape index (κ1) is 14.6. The van der Waals surface area contributed by atoms with E-state index in [1.165, 1.54) is 24.0 Å². The minimum absolute atomic E-state index is 0.599. The molecular formula is C19H20BrO. The van der Waals surface area contributed by atoms with Gasteiger partial charge in [0.1, 0.15) is 12.4 Å². The fraction of sp³-hybridized carbons (Fsp3) is 0.316. The fourth-order valence-electron chi connectivity index (χ4n) is 2.76. The molecule has 1 aliphatic carbocycles. The molecule has 0 spiro atoms. The summed E-state index contributed by atoms with van der Waals surface area (Å²) in [6, 6.07) is 18.9. The van der Waals surface area contributed by atoms with Crippen molar-refractivity contribution in [2.45, 2.75) is 36.6 Å². The van der Waals surface area contributed by atoms with Crippen molar-refractivity contribution < 1.29 is 4.74 Å². The third-order valence-electron chi connectivity index (χ3n) is 4.02. The van der Waals surface area contributed by atoms with E-state index >= 15 is 0 Å². The van der Waals surface area contributed by atoms with Gasteiger partial charge in [-0.15, -0.1) is 0 Å². The van der Waals surface area contributed by atoms with E-state index < -0.39 is 0 Å². The van der Waals surface area contributed by atoms with Crippen molar-refractivity contribution in [3.05, 3.63) is 72.1 Å². The van der Waals surface area contributed by atoms with Crippen molar-refractivity contribution in [3.8, 4) is 5.75 Å². The third kappa shape index (κ3) is 4.10. The van der Waals surface area contributed by atoms with Crippen LogP contribution >= 0.6 is 15.9 Å². The maximum Gasteiger partial charge on any atom is 0.119 e. The van der Waals surface area contributed by atoms with Gasteiger partial charge in [0.2, 0.25) is 0 Å². The number of benzene rings is 2. The summed E-state index contributed by atoms with van der Waals surface area (Å²) in [5.74, 6) is 1.54. The Labute approximate surface area is 135 Å². The van der Waals surface area contributed by atoms with Gasteiger partial charge in [0.25, 0.3) is 0 Å². The number of ether oxygens (including phenoxy) is 1. The van der Waals surface area contributed by atoms with Crippen LogP contribution in [0.25, 0.3) is 0 Å². The lowest BCUT2D eigenvalue weighted by Crippen LogP contribution is -2.13. The van der Waals surface area contributed by atoms with E-state index in [0.717, 1.165) is 12.2 Å². The molecule has 0 bridgehead atoms. The van der Waals surface area contributed by atoms with Crippen LogP contribution in [0.5, 0.6) is 5.75 Å². The normalized spacial score (nSPS) is 22.0. The van der Waals surface area contributed by atoms with Crippen LogP contribution in [0.4, 0.5) is 0 Å². The van der Waals surface area contributed by atoms with Crippen LogP contribution in [0.15, 0.2) is 54.6 Å². The van der Waals surface area contributed by atoms with Gasteiger partial charge in [0, 0.05) is 4.83 Å². The fourth-order valence-corrected chi connectivity index (χ4v) is 3.24. The van der Waals surface area contributed by atoms with Crippen molar-refractivity contribution in [2.24, 2.45) is 0 Å². The predicted molar refractivity (Wildman–Crippen MR) is 90.8 cm³/mol. The van der Waals surface area contributed by atoms with Crippen LogP contribution in [0.1, 0.15) is 36.3 Å². The van der Waals surface area contributed by atoms with E-state index in [4.69, 9.17) is 4.74 Å². The molecule has 0 saturated heterocycles. The first-order valence-corrected chi connectivity index (χ1v) is 8.47. The monoisotopic (exact) mass is 343 g/mol. The van der Waals surface area contributed by atoms with E-state index in [2.05, 4.69) is 58.7 Å². The smallest absolute Gasteiger partial charge is 0.119 e. The first-order chi connectivity index (χ1) is 10.3. The Morgan fingerprint density at radius 1 is 0.952 bits per heavy atom. The summed E-state index contributed by atoms with van der Waals surface area (Å²) in [6.45, 7) is 0.626. The van der Waals surface area contributed by atoms with E-state index in [9.17, 15) is 0 Å². The zero-order chi connectivity index (χ0) is 14.5. The van der Waals surface area contributed by atoms with Gasteiger partial charge in [0.05, 0.1) is 0 Å². The largest absolute Gasteiger partial charge is 0.489 e. The molecule has 2 heteroatoms. The molecule has 1 aliphatic rings. The van der Waals surface area contributed by atoms with Crippen molar-refractivity contribution in [1.82, 2.24) is 0 Å². The summed E-state index contributed by atoms with van der Waals surface area (Å²) in [5, 5.41) is 0. The summed E-state index contributed by atoms with van der Waals surface area (Å²) in [6.07, 6.45) is 6.09. The maximum absolute atomic E-state index is 5.83.